The molecule has 0 fully saturated rings. The maximum Gasteiger partial charge on any atom is 0.0748 e. The van der Waals surface area contributed by atoms with E-state index in [-0.39, 0.29) is 6.04 Å². The number of anilines is 4. The third kappa shape index (κ3) is 3.74. The lowest BCUT2D eigenvalue weighted by Gasteiger charge is -2.56. The van der Waals surface area contributed by atoms with Gasteiger partial charge in [-0.2, -0.15) is 0 Å². The molecule has 0 radical (unpaired) electrons. The predicted molar refractivity (Wildman–Crippen MR) is 209 cm³/mol. The van der Waals surface area contributed by atoms with Crippen molar-refractivity contribution in [2.75, 3.05) is 9.80 Å². The van der Waals surface area contributed by atoms with E-state index in [0.717, 1.165) is 5.69 Å². The van der Waals surface area contributed by atoms with Gasteiger partial charge in [-0.1, -0.05) is 140 Å². The summed E-state index contributed by atoms with van der Waals surface area (Å²) >= 11 is 0. The molecular formula is C48H40N2. The minimum Gasteiger partial charge on any atom is -0.338 e. The van der Waals surface area contributed by atoms with Crippen molar-refractivity contribution in [1.82, 2.24) is 0 Å². The fraction of sp³-hybridized carbons (Fsp3) is 0.125. The van der Waals surface area contributed by atoms with Crippen molar-refractivity contribution in [2.24, 2.45) is 0 Å². The molecule has 0 saturated carbocycles. The lowest BCUT2D eigenvalue weighted by molar-refractivity contribution is 0.591. The van der Waals surface area contributed by atoms with Gasteiger partial charge in [-0.25, -0.2) is 0 Å². The summed E-state index contributed by atoms with van der Waals surface area (Å²) in [6, 6.07) is 56.7. The summed E-state index contributed by atoms with van der Waals surface area (Å²) in [5.41, 5.74) is 15.1. The van der Waals surface area contributed by atoms with Crippen LogP contribution in [0.15, 0.2) is 188 Å². The number of nitrogens with zero attached hydrogens (tertiary/aromatic N) is 2. The first-order chi connectivity index (χ1) is 24.6. The number of para-hydroxylation sites is 4. The summed E-state index contributed by atoms with van der Waals surface area (Å²) < 4.78 is 0. The Kier molecular flexibility index (Phi) is 6.86. The van der Waals surface area contributed by atoms with Crippen LogP contribution in [-0.2, 0) is 10.8 Å². The standard InChI is InChI=1S/C48H40N2/c1-5-20-43-35(6-2)47(40-27-14-17-30-44(40)49(43)33(3)4)36-23-10-12-25-38(36)48(39-26-13-11-24-37(39)47)41-28-15-18-31-45(41)50(34-21-8-7-9-22-34)46-32-19-16-29-42(46)48/h5-33H,2H2,1,3-4H3/b20-5-. The number of benzene rings is 6. The zero-order chi connectivity index (χ0) is 34.0. The van der Waals surface area contributed by atoms with Crippen molar-refractivity contribution < 1.29 is 0 Å². The van der Waals surface area contributed by atoms with E-state index < -0.39 is 10.8 Å². The Bertz CT molecular complexity index is 2260. The first-order valence-electron chi connectivity index (χ1n) is 17.7. The van der Waals surface area contributed by atoms with E-state index in [1.165, 1.54) is 67.3 Å². The van der Waals surface area contributed by atoms with Crippen LogP contribution in [0.4, 0.5) is 22.7 Å². The van der Waals surface area contributed by atoms with Crippen LogP contribution < -0.4 is 9.80 Å². The normalized spacial score (nSPS) is 16.2. The largest absolute Gasteiger partial charge is 0.338 e. The van der Waals surface area contributed by atoms with Gasteiger partial charge in [-0.15, -0.1) is 0 Å². The van der Waals surface area contributed by atoms with Crippen molar-refractivity contribution in [3.8, 4) is 0 Å². The Morgan fingerprint density at radius 1 is 0.500 bits per heavy atom. The van der Waals surface area contributed by atoms with Crippen LogP contribution in [0.3, 0.4) is 0 Å². The van der Waals surface area contributed by atoms with Gasteiger partial charge < -0.3 is 9.80 Å². The second kappa shape index (κ2) is 11.4. The van der Waals surface area contributed by atoms with Crippen molar-refractivity contribution >= 4 is 22.7 Å². The lowest BCUT2D eigenvalue weighted by Crippen LogP contribution is -2.50. The zero-order valence-electron chi connectivity index (χ0n) is 28.8. The van der Waals surface area contributed by atoms with Crippen LogP contribution in [0.2, 0.25) is 0 Å². The SMILES string of the molecule is C=CC1=C(/C=C\C)N(C(C)C)c2ccccc2C12c1ccccc1C1(c3ccccc3N(c3ccccc3)c3ccccc31)c1ccccc12. The van der Waals surface area contributed by atoms with Crippen molar-refractivity contribution in [3.63, 3.8) is 0 Å². The highest BCUT2D eigenvalue weighted by Crippen LogP contribution is 2.66. The highest BCUT2D eigenvalue weighted by molar-refractivity contribution is 5.92. The molecule has 50 heavy (non-hydrogen) atoms. The maximum atomic E-state index is 4.57. The molecule has 9 rings (SSSR count). The molecule has 6 aromatic carbocycles. The predicted octanol–water partition coefficient (Wildman–Crippen LogP) is 11.7. The Morgan fingerprint density at radius 2 is 0.900 bits per heavy atom. The van der Waals surface area contributed by atoms with Gasteiger partial charge in [0.2, 0.25) is 0 Å². The van der Waals surface area contributed by atoms with Crippen LogP contribution in [0.5, 0.6) is 0 Å². The number of allylic oxidation sites excluding steroid dienone is 4. The van der Waals surface area contributed by atoms with Crippen molar-refractivity contribution in [1.29, 1.82) is 0 Å². The fourth-order valence-electron chi connectivity index (χ4n) is 9.57. The second-order valence-electron chi connectivity index (χ2n) is 13.8. The summed E-state index contributed by atoms with van der Waals surface area (Å²) in [5.74, 6) is 0. The maximum absolute atomic E-state index is 4.57. The van der Waals surface area contributed by atoms with Gasteiger partial charge in [-0.05, 0) is 102 Å². The van der Waals surface area contributed by atoms with Gasteiger partial charge in [0.25, 0.3) is 0 Å². The molecule has 2 spiro atoms. The molecule has 242 valence electrons. The highest BCUT2D eigenvalue weighted by atomic mass is 15.2. The second-order valence-corrected chi connectivity index (χ2v) is 13.8. The number of rotatable bonds is 4. The number of hydrogen-bond acceptors (Lipinski definition) is 2. The van der Waals surface area contributed by atoms with Crippen LogP contribution in [0.25, 0.3) is 0 Å². The van der Waals surface area contributed by atoms with E-state index in [1.54, 1.807) is 0 Å². The molecular weight excluding hydrogens is 605 g/mol. The molecule has 0 aromatic heterocycles. The van der Waals surface area contributed by atoms with Crippen LogP contribution >= 0.6 is 0 Å². The van der Waals surface area contributed by atoms with Crippen LogP contribution in [-0.4, -0.2) is 6.04 Å². The van der Waals surface area contributed by atoms with Crippen LogP contribution in [0.1, 0.15) is 59.7 Å². The van der Waals surface area contributed by atoms with E-state index in [9.17, 15) is 0 Å². The van der Waals surface area contributed by atoms with Crippen molar-refractivity contribution in [3.05, 3.63) is 227 Å². The molecule has 2 aliphatic heterocycles. The molecule has 0 unspecified atom stereocenters. The van der Waals surface area contributed by atoms with E-state index >= 15 is 0 Å². The van der Waals surface area contributed by atoms with Gasteiger partial charge in [0, 0.05) is 23.1 Å². The third-order valence-electron chi connectivity index (χ3n) is 11.1. The molecule has 0 N–H and O–H groups in total. The quantitative estimate of drug-likeness (QED) is 0.188. The molecule has 0 saturated heterocycles. The van der Waals surface area contributed by atoms with E-state index in [4.69, 9.17) is 0 Å². The van der Waals surface area contributed by atoms with Gasteiger partial charge >= 0.3 is 0 Å². The molecule has 2 heterocycles. The highest BCUT2D eigenvalue weighted by Gasteiger charge is 2.58. The van der Waals surface area contributed by atoms with Gasteiger partial charge in [0.1, 0.15) is 0 Å². The Hall–Kier alpha value is -5.86. The Labute approximate surface area is 296 Å². The summed E-state index contributed by atoms with van der Waals surface area (Å²) in [5, 5.41) is 0. The molecule has 0 amide bonds. The lowest BCUT2D eigenvalue weighted by atomic mass is 9.48. The van der Waals surface area contributed by atoms with E-state index in [2.05, 4.69) is 207 Å². The number of hydrogen-bond donors (Lipinski definition) is 0. The first-order valence-corrected chi connectivity index (χ1v) is 17.7. The van der Waals surface area contributed by atoms with Crippen LogP contribution in [0, 0.1) is 0 Å². The van der Waals surface area contributed by atoms with Gasteiger partial charge in [0.05, 0.1) is 22.2 Å². The molecule has 3 aliphatic rings. The summed E-state index contributed by atoms with van der Waals surface area (Å²) in [4.78, 5) is 4.94. The van der Waals surface area contributed by atoms with Gasteiger partial charge in [0.15, 0.2) is 0 Å². The summed E-state index contributed by atoms with van der Waals surface area (Å²) in [7, 11) is 0. The molecule has 0 atom stereocenters. The monoisotopic (exact) mass is 644 g/mol. The Morgan fingerprint density at radius 3 is 1.36 bits per heavy atom. The summed E-state index contributed by atoms with van der Waals surface area (Å²) in [6.45, 7) is 11.3. The molecule has 2 nitrogen and oxygen atoms in total. The van der Waals surface area contributed by atoms with E-state index in [0.29, 0.717) is 0 Å². The van der Waals surface area contributed by atoms with E-state index in [1.807, 2.05) is 0 Å². The average Bonchev–Trinajstić information content (AvgIpc) is 3.16. The van der Waals surface area contributed by atoms with Gasteiger partial charge in [-0.3, -0.25) is 0 Å². The first kappa shape index (κ1) is 30.2. The molecule has 0 bridgehead atoms. The average molecular weight is 645 g/mol. The smallest absolute Gasteiger partial charge is 0.0748 e. The minimum absolute atomic E-state index is 0.246. The topological polar surface area (TPSA) is 6.48 Å². The Balaban J connectivity index is 1.49. The summed E-state index contributed by atoms with van der Waals surface area (Å²) in [6.07, 6.45) is 6.59. The molecule has 6 aromatic rings. The third-order valence-corrected chi connectivity index (χ3v) is 11.1. The fourth-order valence-corrected chi connectivity index (χ4v) is 9.57. The molecule has 1 aliphatic carbocycles. The zero-order valence-corrected chi connectivity index (χ0v) is 28.8. The van der Waals surface area contributed by atoms with Crippen molar-refractivity contribution in [2.45, 2.75) is 37.6 Å². The molecule has 2 heteroatoms. The minimum atomic E-state index is -0.600. The number of fused-ring (bicyclic) bond motifs is 12.